The maximum Gasteiger partial charge on any atom is 0.338 e. The molecular weight excluding hydrogens is 514 g/mol. The van der Waals surface area contributed by atoms with E-state index in [2.05, 4.69) is 40.0 Å². The molecular formula is C30H25N3O3S2. The van der Waals surface area contributed by atoms with Crippen LogP contribution in [-0.4, -0.2) is 21.7 Å². The summed E-state index contributed by atoms with van der Waals surface area (Å²) in [5.74, 6) is -0.439. The van der Waals surface area contributed by atoms with Gasteiger partial charge in [0.1, 0.15) is 6.04 Å². The number of thiazole rings is 1. The third-order valence-corrected chi connectivity index (χ3v) is 8.54. The van der Waals surface area contributed by atoms with E-state index >= 15 is 0 Å². The van der Waals surface area contributed by atoms with Crippen molar-refractivity contribution in [2.45, 2.75) is 26.4 Å². The summed E-state index contributed by atoms with van der Waals surface area (Å²) in [6.45, 7) is 4.57. The number of hydrogen-bond donors (Lipinski definition) is 0. The van der Waals surface area contributed by atoms with Gasteiger partial charge in [-0.3, -0.25) is 9.36 Å². The van der Waals surface area contributed by atoms with E-state index in [1.807, 2.05) is 53.9 Å². The standard InChI is InChI=1S/C30H25N3O3S2/c1-3-36-29(35)26-19(2)31-30-33(27(26)24-14-9-15-37-24)28(34)25(38-30)16-21-18-32(17-20-10-5-4-6-11-20)23-13-8-7-12-22(21)23/h4-16,18,27H,3,17H2,1-2H3/b25-16-/t27-/m0/s1. The zero-order chi connectivity index (χ0) is 26.2. The van der Waals surface area contributed by atoms with E-state index in [0.29, 0.717) is 20.6 Å². The number of allylic oxidation sites excluding steroid dienone is 1. The molecule has 1 aliphatic rings. The first kappa shape index (κ1) is 24.3. The molecule has 0 amide bonds. The van der Waals surface area contributed by atoms with Crippen molar-refractivity contribution in [3.63, 3.8) is 0 Å². The number of rotatable bonds is 6. The lowest BCUT2D eigenvalue weighted by molar-refractivity contribution is -0.139. The van der Waals surface area contributed by atoms with E-state index in [9.17, 15) is 9.59 Å². The molecule has 0 spiro atoms. The highest BCUT2D eigenvalue weighted by Crippen LogP contribution is 2.33. The van der Waals surface area contributed by atoms with Crippen LogP contribution in [0.3, 0.4) is 0 Å². The second-order valence-electron chi connectivity index (χ2n) is 9.03. The van der Waals surface area contributed by atoms with Gasteiger partial charge < -0.3 is 9.30 Å². The van der Waals surface area contributed by atoms with Crippen LogP contribution in [0.4, 0.5) is 0 Å². The smallest absolute Gasteiger partial charge is 0.338 e. The van der Waals surface area contributed by atoms with Gasteiger partial charge in [0.2, 0.25) is 0 Å². The lowest BCUT2D eigenvalue weighted by Gasteiger charge is -2.23. The van der Waals surface area contributed by atoms with Crippen molar-refractivity contribution >= 4 is 45.6 Å². The number of hydrogen-bond acceptors (Lipinski definition) is 6. The number of para-hydroxylation sites is 1. The number of carbonyl (C=O) groups is 1. The molecule has 8 heteroatoms. The quantitative estimate of drug-likeness (QED) is 0.290. The topological polar surface area (TPSA) is 65.6 Å². The van der Waals surface area contributed by atoms with Gasteiger partial charge in [-0.25, -0.2) is 9.79 Å². The second kappa shape index (κ2) is 10.0. The van der Waals surface area contributed by atoms with Gasteiger partial charge in [0.15, 0.2) is 4.80 Å². The number of esters is 1. The van der Waals surface area contributed by atoms with Gasteiger partial charge in [-0.1, -0.05) is 65.9 Å². The van der Waals surface area contributed by atoms with E-state index < -0.39 is 12.0 Å². The first-order valence-corrected chi connectivity index (χ1v) is 14.1. The van der Waals surface area contributed by atoms with E-state index in [1.54, 1.807) is 18.4 Å². The third-order valence-electron chi connectivity index (χ3n) is 6.63. The molecule has 0 bridgehead atoms. The molecule has 6 rings (SSSR count). The average Bonchev–Trinajstić information content (AvgIpc) is 3.64. The fourth-order valence-electron chi connectivity index (χ4n) is 4.95. The summed E-state index contributed by atoms with van der Waals surface area (Å²) in [4.78, 5) is 33.0. The Bertz CT molecular complexity index is 1860. The van der Waals surface area contributed by atoms with Crippen LogP contribution in [0.1, 0.15) is 35.9 Å². The Morgan fingerprint density at radius 2 is 1.87 bits per heavy atom. The highest BCUT2D eigenvalue weighted by Gasteiger charge is 2.33. The number of carbonyl (C=O) groups excluding carboxylic acids is 1. The van der Waals surface area contributed by atoms with Crippen molar-refractivity contribution in [3.05, 3.63) is 125 Å². The Morgan fingerprint density at radius 1 is 1.08 bits per heavy atom. The molecule has 38 heavy (non-hydrogen) atoms. The SMILES string of the molecule is CCOC(=O)C1=C(C)N=c2s/c(=C\c3cn(Cc4ccccc4)c4ccccc34)c(=O)n2[C@H]1c1cccs1. The molecule has 0 N–H and O–H groups in total. The number of fused-ring (bicyclic) bond motifs is 2. The molecule has 0 unspecified atom stereocenters. The molecule has 2 aromatic carbocycles. The van der Waals surface area contributed by atoms with Crippen LogP contribution in [0.25, 0.3) is 17.0 Å². The largest absolute Gasteiger partial charge is 0.463 e. The van der Waals surface area contributed by atoms with Crippen LogP contribution in [0.2, 0.25) is 0 Å². The molecule has 0 saturated carbocycles. The summed E-state index contributed by atoms with van der Waals surface area (Å²) in [6, 6.07) is 21.9. The van der Waals surface area contributed by atoms with Gasteiger partial charge in [0, 0.05) is 34.1 Å². The molecule has 0 fully saturated rings. The van der Waals surface area contributed by atoms with Crippen molar-refractivity contribution in [1.82, 2.24) is 9.13 Å². The number of aromatic nitrogens is 2. The maximum atomic E-state index is 13.9. The summed E-state index contributed by atoms with van der Waals surface area (Å²) in [6.07, 6.45) is 4.05. The third kappa shape index (κ3) is 4.25. The molecule has 0 saturated heterocycles. The van der Waals surface area contributed by atoms with Crippen LogP contribution >= 0.6 is 22.7 Å². The molecule has 4 heterocycles. The molecule has 5 aromatic rings. The Morgan fingerprint density at radius 3 is 2.63 bits per heavy atom. The van der Waals surface area contributed by atoms with Gasteiger partial charge in [0.25, 0.3) is 5.56 Å². The first-order valence-electron chi connectivity index (χ1n) is 12.4. The predicted octanol–water partition coefficient (Wildman–Crippen LogP) is 4.86. The lowest BCUT2D eigenvalue weighted by atomic mass is 10.0. The number of thiophene rings is 1. The normalized spacial score (nSPS) is 15.5. The summed E-state index contributed by atoms with van der Waals surface area (Å²) in [5, 5.41) is 3.03. The van der Waals surface area contributed by atoms with Crippen LogP contribution in [0.5, 0.6) is 0 Å². The lowest BCUT2D eigenvalue weighted by Crippen LogP contribution is -2.39. The molecule has 6 nitrogen and oxygen atoms in total. The molecule has 0 aliphatic carbocycles. The van der Waals surface area contributed by atoms with Crippen molar-refractivity contribution in [2.75, 3.05) is 6.61 Å². The van der Waals surface area contributed by atoms with E-state index in [0.717, 1.165) is 27.9 Å². The second-order valence-corrected chi connectivity index (χ2v) is 11.0. The Labute approximate surface area is 227 Å². The molecule has 1 atom stereocenters. The zero-order valence-corrected chi connectivity index (χ0v) is 22.6. The Kier molecular flexibility index (Phi) is 6.43. The Balaban J connectivity index is 1.51. The van der Waals surface area contributed by atoms with Gasteiger partial charge >= 0.3 is 5.97 Å². The predicted molar refractivity (Wildman–Crippen MR) is 152 cm³/mol. The average molecular weight is 540 g/mol. The van der Waals surface area contributed by atoms with Crippen LogP contribution in [0.15, 0.2) is 99.4 Å². The monoisotopic (exact) mass is 539 g/mol. The van der Waals surface area contributed by atoms with Crippen molar-refractivity contribution < 1.29 is 9.53 Å². The minimum absolute atomic E-state index is 0.165. The van der Waals surface area contributed by atoms with Crippen molar-refractivity contribution in [1.29, 1.82) is 0 Å². The highest BCUT2D eigenvalue weighted by atomic mass is 32.1. The molecule has 1 aliphatic heterocycles. The summed E-state index contributed by atoms with van der Waals surface area (Å²) < 4.78 is 9.79. The van der Waals surface area contributed by atoms with Crippen molar-refractivity contribution in [3.8, 4) is 0 Å². The minimum atomic E-state index is -0.563. The Hall–Kier alpha value is -4.01. The number of benzene rings is 2. The minimum Gasteiger partial charge on any atom is -0.463 e. The zero-order valence-electron chi connectivity index (χ0n) is 21.0. The van der Waals surface area contributed by atoms with Crippen LogP contribution < -0.4 is 14.9 Å². The fraction of sp³-hybridized carbons (Fsp3) is 0.167. The van der Waals surface area contributed by atoms with Crippen LogP contribution in [0, 0.1) is 0 Å². The number of nitrogens with zero attached hydrogens (tertiary/aromatic N) is 3. The summed E-state index contributed by atoms with van der Waals surface area (Å²) >= 11 is 2.86. The highest BCUT2D eigenvalue weighted by molar-refractivity contribution is 7.10. The van der Waals surface area contributed by atoms with Gasteiger partial charge in [0.05, 0.1) is 22.4 Å². The van der Waals surface area contributed by atoms with E-state index in [1.165, 1.54) is 28.2 Å². The van der Waals surface area contributed by atoms with E-state index in [4.69, 9.17) is 4.74 Å². The van der Waals surface area contributed by atoms with Gasteiger partial charge in [-0.05, 0) is 43.0 Å². The maximum absolute atomic E-state index is 13.9. The van der Waals surface area contributed by atoms with Gasteiger partial charge in [-0.15, -0.1) is 11.3 Å². The summed E-state index contributed by atoms with van der Waals surface area (Å²) in [7, 11) is 0. The fourth-order valence-corrected chi connectivity index (χ4v) is 6.81. The van der Waals surface area contributed by atoms with E-state index in [-0.39, 0.29) is 12.2 Å². The van der Waals surface area contributed by atoms with Gasteiger partial charge in [-0.2, -0.15) is 0 Å². The first-order chi connectivity index (χ1) is 18.5. The molecule has 0 radical (unpaired) electrons. The molecule has 3 aromatic heterocycles. The molecule has 190 valence electrons. The number of ether oxygens (including phenoxy) is 1. The van der Waals surface area contributed by atoms with Crippen molar-refractivity contribution in [2.24, 2.45) is 4.99 Å². The summed E-state index contributed by atoms with van der Waals surface area (Å²) in [5.41, 5.74) is 4.10. The van der Waals surface area contributed by atoms with Crippen LogP contribution in [-0.2, 0) is 16.1 Å².